The molecular weight excluding hydrogens is 671 g/mol. The van der Waals surface area contributed by atoms with Crippen LogP contribution in [0.1, 0.15) is 0 Å². The van der Waals surface area contributed by atoms with Crippen molar-refractivity contribution in [1.29, 1.82) is 0 Å². The lowest BCUT2D eigenvalue weighted by atomic mass is 9.93. The molecule has 5 heteroatoms. The highest BCUT2D eigenvalue weighted by Crippen LogP contribution is 2.35. The molecule has 0 aliphatic carbocycles. The average molecular weight is 704 g/mol. The molecule has 2 heterocycles. The van der Waals surface area contributed by atoms with Gasteiger partial charge in [-0.2, -0.15) is 0 Å². The van der Waals surface area contributed by atoms with E-state index in [0.717, 1.165) is 50.1 Å². The lowest BCUT2D eigenvalue weighted by Gasteiger charge is -2.12. The van der Waals surface area contributed by atoms with Gasteiger partial charge in [0.2, 0.25) is 0 Å². The summed E-state index contributed by atoms with van der Waals surface area (Å²) >= 11 is 0. The van der Waals surface area contributed by atoms with E-state index >= 15 is 0 Å². The van der Waals surface area contributed by atoms with Crippen molar-refractivity contribution in [2.75, 3.05) is 0 Å². The molecule has 10 aromatic rings. The zero-order valence-electron chi connectivity index (χ0n) is 29.8. The SMILES string of the molecule is c1ccc(-c2nc(-c3ccccc3)nc(-c3ccc(-c4cccc5ccc(-c6ccc(-c7ccc8c(c7)ncn8-c7ccccc7)cc6)cc45)cc3)n2)cc1. The highest BCUT2D eigenvalue weighted by Gasteiger charge is 2.14. The number of hydrogen-bond acceptors (Lipinski definition) is 4. The zero-order valence-corrected chi connectivity index (χ0v) is 29.8. The van der Waals surface area contributed by atoms with Gasteiger partial charge in [-0.05, 0) is 74.5 Å². The summed E-state index contributed by atoms with van der Waals surface area (Å²) in [7, 11) is 0. The minimum absolute atomic E-state index is 0.643. The first-order chi connectivity index (χ1) is 27.2. The van der Waals surface area contributed by atoms with Gasteiger partial charge in [0.05, 0.1) is 11.0 Å². The molecule has 0 fully saturated rings. The summed E-state index contributed by atoms with van der Waals surface area (Å²) in [5, 5.41) is 2.40. The first-order valence-electron chi connectivity index (χ1n) is 18.4. The van der Waals surface area contributed by atoms with E-state index < -0.39 is 0 Å². The van der Waals surface area contributed by atoms with Crippen molar-refractivity contribution >= 4 is 21.8 Å². The van der Waals surface area contributed by atoms with Crippen LogP contribution in [0.2, 0.25) is 0 Å². The van der Waals surface area contributed by atoms with Crippen LogP contribution in [0.5, 0.6) is 0 Å². The number of para-hydroxylation sites is 1. The Balaban J connectivity index is 0.952. The predicted molar refractivity (Wildman–Crippen MR) is 225 cm³/mol. The van der Waals surface area contributed by atoms with Crippen molar-refractivity contribution in [2.24, 2.45) is 0 Å². The third-order valence-electron chi connectivity index (χ3n) is 10.2. The Morgan fingerprint density at radius 1 is 0.345 bits per heavy atom. The van der Waals surface area contributed by atoms with Gasteiger partial charge in [-0.1, -0.05) is 164 Å². The molecule has 2 aromatic heterocycles. The Labute approximate surface area is 318 Å². The van der Waals surface area contributed by atoms with E-state index in [4.69, 9.17) is 19.9 Å². The molecule has 5 nitrogen and oxygen atoms in total. The maximum absolute atomic E-state index is 4.92. The minimum Gasteiger partial charge on any atom is -0.299 e. The van der Waals surface area contributed by atoms with Crippen LogP contribution in [0.3, 0.4) is 0 Å². The molecule has 0 aliphatic rings. The van der Waals surface area contributed by atoms with E-state index in [0.29, 0.717) is 17.5 Å². The van der Waals surface area contributed by atoms with Gasteiger partial charge in [0.15, 0.2) is 17.5 Å². The van der Waals surface area contributed by atoms with Crippen LogP contribution in [0, 0.1) is 0 Å². The van der Waals surface area contributed by atoms with Crippen molar-refractivity contribution in [3.05, 3.63) is 200 Å². The van der Waals surface area contributed by atoms with Gasteiger partial charge in [-0.15, -0.1) is 0 Å². The summed E-state index contributed by atoms with van der Waals surface area (Å²) in [5.74, 6) is 1.95. The van der Waals surface area contributed by atoms with Crippen molar-refractivity contribution in [1.82, 2.24) is 24.5 Å². The summed E-state index contributed by atoms with van der Waals surface area (Å²) in [4.78, 5) is 19.4. The fourth-order valence-corrected chi connectivity index (χ4v) is 7.28. The van der Waals surface area contributed by atoms with Crippen LogP contribution in [-0.2, 0) is 0 Å². The summed E-state index contributed by atoms with van der Waals surface area (Å²) in [6.07, 6.45) is 1.90. The molecule has 0 unspecified atom stereocenters. The highest BCUT2D eigenvalue weighted by molar-refractivity contribution is 5.99. The fourth-order valence-electron chi connectivity index (χ4n) is 7.28. The molecule has 258 valence electrons. The van der Waals surface area contributed by atoms with E-state index in [2.05, 4.69) is 120 Å². The summed E-state index contributed by atoms with van der Waals surface area (Å²) < 4.78 is 2.13. The van der Waals surface area contributed by atoms with E-state index in [9.17, 15) is 0 Å². The van der Waals surface area contributed by atoms with Crippen molar-refractivity contribution in [3.63, 3.8) is 0 Å². The zero-order chi connectivity index (χ0) is 36.6. The van der Waals surface area contributed by atoms with Crippen LogP contribution < -0.4 is 0 Å². The molecule has 0 amide bonds. The highest BCUT2D eigenvalue weighted by atomic mass is 15.0. The molecule has 8 aromatic carbocycles. The molecule has 0 spiro atoms. The van der Waals surface area contributed by atoms with Crippen molar-refractivity contribution in [2.45, 2.75) is 0 Å². The van der Waals surface area contributed by atoms with Crippen LogP contribution in [0.25, 0.3) is 95.0 Å². The van der Waals surface area contributed by atoms with Gasteiger partial charge in [0.1, 0.15) is 6.33 Å². The topological polar surface area (TPSA) is 56.5 Å². The Morgan fingerprint density at radius 3 is 1.45 bits per heavy atom. The lowest BCUT2D eigenvalue weighted by molar-refractivity contribution is 1.07. The first-order valence-corrected chi connectivity index (χ1v) is 18.4. The fraction of sp³-hybridized carbons (Fsp3) is 0. The second-order valence-electron chi connectivity index (χ2n) is 13.6. The lowest BCUT2D eigenvalue weighted by Crippen LogP contribution is -2.00. The number of rotatable bonds is 7. The average Bonchev–Trinajstić information content (AvgIpc) is 3.70. The number of benzene rings is 8. The smallest absolute Gasteiger partial charge is 0.164 e. The monoisotopic (exact) mass is 703 g/mol. The Bertz CT molecular complexity index is 2880. The molecule has 0 radical (unpaired) electrons. The Hall–Kier alpha value is -7.50. The molecule has 0 saturated heterocycles. The minimum atomic E-state index is 0.643. The molecule has 0 aliphatic heterocycles. The number of hydrogen-bond donors (Lipinski definition) is 0. The maximum Gasteiger partial charge on any atom is 0.164 e. The van der Waals surface area contributed by atoms with Gasteiger partial charge < -0.3 is 0 Å². The van der Waals surface area contributed by atoms with E-state index in [1.807, 2.05) is 85.2 Å². The third kappa shape index (κ3) is 6.24. The molecule has 0 atom stereocenters. The molecule has 0 saturated carbocycles. The predicted octanol–water partition coefficient (Wildman–Crippen LogP) is 12.4. The van der Waals surface area contributed by atoms with E-state index in [1.54, 1.807) is 0 Å². The van der Waals surface area contributed by atoms with E-state index in [-0.39, 0.29) is 0 Å². The molecular formula is C50H33N5. The normalized spacial score (nSPS) is 11.3. The van der Waals surface area contributed by atoms with Crippen LogP contribution >= 0.6 is 0 Å². The van der Waals surface area contributed by atoms with Crippen molar-refractivity contribution < 1.29 is 0 Å². The largest absolute Gasteiger partial charge is 0.299 e. The number of nitrogens with zero attached hydrogens (tertiary/aromatic N) is 5. The van der Waals surface area contributed by atoms with Crippen molar-refractivity contribution in [3.8, 4) is 73.2 Å². The first kappa shape index (κ1) is 32.2. The van der Waals surface area contributed by atoms with Crippen LogP contribution in [0.4, 0.5) is 0 Å². The van der Waals surface area contributed by atoms with Gasteiger partial charge in [-0.3, -0.25) is 4.57 Å². The van der Waals surface area contributed by atoms with Gasteiger partial charge in [-0.25, -0.2) is 19.9 Å². The summed E-state index contributed by atoms with van der Waals surface area (Å²) in [6, 6.07) is 67.6. The van der Waals surface area contributed by atoms with Gasteiger partial charge in [0, 0.05) is 22.4 Å². The van der Waals surface area contributed by atoms with Gasteiger partial charge in [0.25, 0.3) is 0 Å². The Kier molecular flexibility index (Phi) is 8.08. The number of aromatic nitrogens is 5. The summed E-state index contributed by atoms with van der Waals surface area (Å²) in [5.41, 5.74) is 13.0. The molecule has 10 rings (SSSR count). The van der Waals surface area contributed by atoms with Crippen LogP contribution in [-0.4, -0.2) is 24.5 Å². The second kappa shape index (κ2) is 13.8. The molecule has 55 heavy (non-hydrogen) atoms. The maximum atomic E-state index is 4.92. The quantitative estimate of drug-likeness (QED) is 0.166. The molecule has 0 bridgehead atoms. The third-order valence-corrected chi connectivity index (χ3v) is 10.2. The standard InChI is InChI=1S/C50H33N5/c1-4-11-38(12-5-1)48-52-49(39-13-6-2-7-14-39)54-50(53-48)40-26-23-37(24-27-40)44-18-10-15-36-25-28-41(31-45(36)44)34-19-21-35(22-20-34)42-29-30-47-46(32-42)51-33-55(47)43-16-8-3-9-17-43/h1-33H. The second-order valence-corrected chi connectivity index (χ2v) is 13.6. The van der Waals surface area contributed by atoms with Crippen LogP contribution in [0.15, 0.2) is 200 Å². The number of imidazole rings is 1. The number of fused-ring (bicyclic) bond motifs is 2. The van der Waals surface area contributed by atoms with E-state index in [1.165, 1.54) is 27.5 Å². The summed E-state index contributed by atoms with van der Waals surface area (Å²) in [6.45, 7) is 0. The molecule has 0 N–H and O–H groups in total. The van der Waals surface area contributed by atoms with Gasteiger partial charge >= 0.3 is 0 Å². The Morgan fingerprint density at radius 2 is 0.836 bits per heavy atom.